The van der Waals surface area contributed by atoms with Gasteiger partial charge < -0.3 is 9.80 Å². The summed E-state index contributed by atoms with van der Waals surface area (Å²) in [5.74, 6) is 0.745. The van der Waals surface area contributed by atoms with E-state index in [1.54, 1.807) is 0 Å². The van der Waals surface area contributed by atoms with Crippen LogP contribution in [0.15, 0.2) is 0 Å². The number of aldehydes is 1. The lowest BCUT2D eigenvalue weighted by Gasteiger charge is -2.31. The number of aryl methyl sites for hydroxylation is 1. The van der Waals surface area contributed by atoms with Gasteiger partial charge in [-0.1, -0.05) is 18.3 Å². The van der Waals surface area contributed by atoms with Gasteiger partial charge in [0.25, 0.3) is 0 Å². The topological polar surface area (TPSA) is 36.4 Å². The molecule has 106 valence electrons. The minimum atomic E-state index is 0.745. The highest BCUT2D eigenvalue weighted by molar-refractivity contribution is 7.17. The first kappa shape index (κ1) is 14.5. The molecular weight excluding hydrogens is 258 g/mol. The van der Waals surface area contributed by atoms with Crippen LogP contribution in [-0.4, -0.2) is 49.9 Å². The minimum absolute atomic E-state index is 0.745. The first-order valence-electron chi connectivity index (χ1n) is 6.98. The number of hydrogen-bond acceptors (Lipinski definition) is 5. The summed E-state index contributed by atoms with van der Waals surface area (Å²) in [6, 6.07) is 0. The zero-order chi connectivity index (χ0) is 13.8. The average molecular weight is 281 g/mol. The molecule has 0 unspecified atom stereocenters. The molecule has 5 heteroatoms. The quantitative estimate of drug-likeness (QED) is 0.776. The van der Waals surface area contributed by atoms with Crippen molar-refractivity contribution in [3.63, 3.8) is 0 Å². The van der Waals surface area contributed by atoms with Crippen LogP contribution in [0, 0.1) is 5.92 Å². The standard InChI is InChI=1S/C14H23N3OS/c1-4-12-13(10-18)19-14(15-12)17(3)9-11-5-7-16(2)8-6-11/h10-11H,4-9H2,1-3H3. The third kappa shape index (κ3) is 3.54. The minimum Gasteiger partial charge on any atom is -0.351 e. The molecule has 2 heterocycles. The fourth-order valence-corrected chi connectivity index (χ4v) is 3.51. The van der Waals surface area contributed by atoms with Gasteiger partial charge in [-0.2, -0.15) is 0 Å². The maximum atomic E-state index is 11.0. The van der Waals surface area contributed by atoms with Crippen molar-refractivity contribution in [2.45, 2.75) is 26.2 Å². The van der Waals surface area contributed by atoms with Crippen molar-refractivity contribution in [3.05, 3.63) is 10.6 Å². The lowest BCUT2D eigenvalue weighted by Crippen LogP contribution is -2.35. The molecule has 19 heavy (non-hydrogen) atoms. The van der Waals surface area contributed by atoms with E-state index in [4.69, 9.17) is 0 Å². The number of hydrogen-bond donors (Lipinski definition) is 0. The molecule has 2 rings (SSSR count). The van der Waals surface area contributed by atoms with Crippen molar-refractivity contribution in [2.24, 2.45) is 5.92 Å². The van der Waals surface area contributed by atoms with Crippen LogP contribution in [0.3, 0.4) is 0 Å². The van der Waals surface area contributed by atoms with E-state index >= 15 is 0 Å². The lowest BCUT2D eigenvalue weighted by atomic mass is 9.97. The van der Waals surface area contributed by atoms with Gasteiger partial charge >= 0.3 is 0 Å². The molecule has 0 radical (unpaired) electrons. The van der Waals surface area contributed by atoms with Crippen LogP contribution < -0.4 is 4.90 Å². The molecular formula is C14H23N3OS. The fraction of sp³-hybridized carbons (Fsp3) is 0.714. The number of aromatic nitrogens is 1. The van der Waals surface area contributed by atoms with Crippen molar-refractivity contribution in [2.75, 3.05) is 38.6 Å². The van der Waals surface area contributed by atoms with Gasteiger partial charge in [-0.05, 0) is 45.3 Å². The van der Waals surface area contributed by atoms with Crippen molar-refractivity contribution < 1.29 is 4.79 Å². The highest BCUT2D eigenvalue weighted by Crippen LogP contribution is 2.27. The number of carbonyl (C=O) groups excluding carboxylic acids is 1. The lowest BCUT2D eigenvalue weighted by molar-refractivity contribution is 0.112. The predicted molar refractivity (Wildman–Crippen MR) is 80.4 cm³/mol. The second-order valence-electron chi connectivity index (χ2n) is 5.41. The van der Waals surface area contributed by atoms with E-state index in [-0.39, 0.29) is 0 Å². The van der Waals surface area contributed by atoms with E-state index in [0.29, 0.717) is 0 Å². The molecule has 0 spiro atoms. The number of likely N-dealkylation sites (tertiary alicyclic amines) is 1. The second kappa shape index (κ2) is 6.48. The summed E-state index contributed by atoms with van der Waals surface area (Å²) in [5, 5.41) is 0.984. The maximum Gasteiger partial charge on any atom is 0.185 e. The second-order valence-corrected chi connectivity index (χ2v) is 6.42. The van der Waals surface area contributed by atoms with Gasteiger partial charge in [0, 0.05) is 13.6 Å². The van der Waals surface area contributed by atoms with Gasteiger partial charge in [-0.15, -0.1) is 0 Å². The van der Waals surface area contributed by atoms with Gasteiger partial charge in [-0.25, -0.2) is 4.98 Å². The Balaban J connectivity index is 1.97. The molecule has 4 nitrogen and oxygen atoms in total. The molecule has 0 amide bonds. The van der Waals surface area contributed by atoms with E-state index in [2.05, 4.69) is 28.9 Å². The highest BCUT2D eigenvalue weighted by atomic mass is 32.1. The van der Waals surface area contributed by atoms with E-state index < -0.39 is 0 Å². The smallest absolute Gasteiger partial charge is 0.185 e. The number of rotatable bonds is 5. The Hall–Kier alpha value is -0.940. The Kier molecular flexibility index (Phi) is 4.93. The van der Waals surface area contributed by atoms with Crippen LogP contribution in [0.4, 0.5) is 5.13 Å². The zero-order valence-corrected chi connectivity index (χ0v) is 12.9. The van der Waals surface area contributed by atoms with Crippen LogP contribution in [0.1, 0.15) is 35.1 Å². The van der Waals surface area contributed by atoms with Crippen LogP contribution in [0.5, 0.6) is 0 Å². The van der Waals surface area contributed by atoms with Crippen LogP contribution in [-0.2, 0) is 6.42 Å². The zero-order valence-electron chi connectivity index (χ0n) is 12.1. The largest absolute Gasteiger partial charge is 0.351 e. The van der Waals surface area contributed by atoms with Crippen molar-refractivity contribution >= 4 is 22.8 Å². The molecule has 1 aliphatic rings. The SMILES string of the molecule is CCc1nc(N(C)CC2CCN(C)CC2)sc1C=O. The molecule has 1 aromatic heterocycles. The van der Waals surface area contributed by atoms with Gasteiger partial charge in [0.2, 0.25) is 0 Å². The Bertz CT molecular complexity index is 424. The first-order chi connectivity index (χ1) is 9.13. The monoisotopic (exact) mass is 281 g/mol. The first-order valence-corrected chi connectivity index (χ1v) is 7.80. The summed E-state index contributed by atoms with van der Waals surface area (Å²) in [5.41, 5.74) is 0.935. The Labute approximate surface area is 119 Å². The molecule has 0 bridgehead atoms. The molecule has 1 fully saturated rings. The van der Waals surface area contributed by atoms with Gasteiger partial charge in [0.1, 0.15) is 0 Å². The average Bonchev–Trinajstić information content (AvgIpc) is 2.84. The molecule has 0 aromatic carbocycles. The number of piperidine rings is 1. The molecule has 1 aliphatic heterocycles. The molecule has 1 saturated heterocycles. The summed E-state index contributed by atoms with van der Waals surface area (Å²) in [6.07, 6.45) is 4.27. The van der Waals surface area contributed by atoms with E-state index in [1.807, 2.05) is 6.92 Å². The van der Waals surface area contributed by atoms with E-state index in [1.165, 1.54) is 37.3 Å². The Morgan fingerprint density at radius 2 is 2.16 bits per heavy atom. The predicted octanol–water partition coefficient (Wildman–Crippen LogP) is 2.30. The summed E-state index contributed by atoms with van der Waals surface area (Å²) < 4.78 is 0. The van der Waals surface area contributed by atoms with Crippen LogP contribution in [0.25, 0.3) is 0 Å². The van der Waals surface area contributed by atoms with Crippen LogP contribution >= 0.6 is 11.3 Å². The van der Waals surface area contributed by atoms with Crippen molar-refractivity contribution in [1.82, 2.24) is 9.88 Å². The summed E-state index contributed by atoms with van der Waals surface area (Å²) in [4.78, 5) is 21.0. The number of anilines is 1. The van der Waals surface area contributed by atoms with E-state index in [0.717, 1.165) is 40.9 Å². The van der Waals surface area contributed by atoms with Gasteiger partial charge in [0.05, 0.1) is 10.6 Å². The Morgan fingerprint density at radius 3 is 2.68 bits per heavy atom. The number of carbonyl (C=O) groups is 1. The van der Waals surface area contributed by atoms with Crippen LogP contribution in [0.2, 0.25) is 0 Å². The normalized spacial score (nSPS) is 17.6. The third-order valence-corrected chi connectivity index (χ3v) is 4.99. The van der Waals surface area contributed by atoms with Gasteiger partial charge in [-0.3, -0.25) is 4.79 Å². The third-order valence-electron chi connectivity index (χ3n) is 3.85. The van der Waals surface area contributed by atoms with Crippen molar-refractivity contribution in [3.8, 4) is 0 Å². The fourth-order valence-electron chi connectivity index (χ4n) is 2.57. The Morgan fingerprint density at radius 1 is 1.47 bits per heavy atom. The summed E-state index contributed by atoms with van der Waals surface area (Å²) in [6.45, 7) is 5.47. The highest BCUT2D eigenvalue weighted by Gasteiger charge is 2.20. The molecule has 0 saturated carbocycles. The van der Waals surface area contributed by atoms with E-state index in [9.17, 15) is 4.79 Å². The number of thiazole rings is 1. The maximum absolute atomic E-state index is 11.0. The number of nitrogens with zero attached hydrogens (tertiary/aromatic N) is 3. The van der Waals surface area contributed by atoms with Crippen molar-refractivity contribution in [1.29, 1.82) is 0 Å². The molecule has 1 aromatic rings. The molecule has 0 aliphatic carbocycles. The summed E-state index contributed by atoms with van der Waals surface area (Å²) in [7, 11) is 4.27. The van der Waals surface area contributed by atoms with Gasteiger partial charge in [0.15, 0.2) is 11.4 Å². The molecule has 0 N–H and O–H groups in total. The summed E-state index contributed by atoms with van der Waals surface area (Å²) >= 11 is 1.52. The molecule has 0 atom stereocenters.